The van der Waals surface area contributed by atoms with Gasteiger partial charge in [-0.1, -0.05) is 17.7 Å². The number of rotatable bonds is 1. The van der Waals surface area contributed by atoms with E-state index in [2.05, 4.69) is 9.97 Å². The summed E-state index contributed by atoms with van der Waals surface area (Å²) in [7, 11) is 0. The van der Waals surface area contributed by atoms with E-state index in [-0.39, 0.29) is 0 Å². The number of aromatic amines is 1. The molecule has 0 bridgehead atoms. The van der Waals surface area contributed by atoms with Crippen LogP contribution in [0.2, 0.25) is 5.02 Å². The average Bonchev–Trinajstić information content (AvgIpc) is 2.83. The second-order valence-corrected chi connectivity index (χ2v) is 4.23. The highest BCUT2D eigenvalue weighted by molar-refractivity contribution is 6.37. The molecule has 0 saturated carbocycles. The predicted molar refractivity (Wildman–Crippen MR) is 66.5 cm³/mol. The minimum absolute atomic E-state index is 0.465. The molecule has 1 N–H and O–H groups in total. The van der Waals surface area contributed by atoms with Gasteiger partial charge in [0.2, 0.25) is 0 Å². The Labute approximate surface area is 106 Å². The molecule has 3 rings (SSSR count). The van der Waals surface area contributed by atoms with Crippen LogP contribution in [0.5, 0.6) is 0 Å². The topological polar surface area (TPSA) is 28.7 Å². The maximum absolute atomic E-state index is 13.2. The molecule has 2 aromatic heterocycles. The van der Waals surface area contributed by atoms with Crippen molar-refractivity contribution < 1.29 is 8.78 Å². The van der Waals surface area contributed by atoms with Crippen LogP contribution >= 0.6 is 11.6 Å². The van der Waals surface area contributed by atoms with Crippen LogP contribution in [-0.2, 0) is 0 Å². The van der Waals surface area contributed by atoms with Crippen LogP contribution in [0.4, 0.5) is 8.78 Å². The highest BCUT2D eigenvalue weighted by atomic mass is 35.5. The predicted octanol–water partition coefficient (Wildman–Crippen LogP) is 4.16. The molecule has 90 valence electrons. The van der Waals surface area contributed by atoms with E-state index >= 15 is 0 Å². The van der Waals surface area contributed by atoms with Crippen molar-refractivity contribution in [3.63, 3.8) is 0 Å². The van der Waals surface area contributed by atoms with E-state index in [9.17, 15) is 8.78 Å². The lowest BCUT2D eigenvalue weighted by Crippen LogP contribution is -1.88. The van der Waals surface area contributed by atoms with E-state index in [0.29, 0.717) is 21.8 Å². The molecular formula is C13H7ClF2N2. The minimum Gasteiger partial charge on any atom is -0.346 e. The van der Waals surface area contributed by atoms with Gasteiger partial charge in [-0.3, -0.25) is 0 Å². The summed E-state index contributed by atoms with van der Waals surface area (Å²) in [6.45, 7) is 0. The maximum atomic E-state index is 13.2. The number of H-pyrrole nitrogens is 1. The Bertz CT molecular complexity index is 737. The van der Waals surface area contributed by atoms with Gasteiger partial charge in [0, 0.05) is 23.3 Å². The summed E-state index contributed by atoms with van der Waals surface area (Å²) >= 11 is 6.23. The summed E-state index contributed by atoms with van der Waals surface area (Å²) in [5.74, 6) is -1.79. The summed E-state index contributed by atoms with van der Waals surface area (Å²) in [6.07, 6.45) is 3.26. The highest BCUT2D eigenvalue weighted by Crippen LogP contribution is 2.33. The van der Waals surface area contributed by atoms with Crippen molar-refractivity contribution in [3.8, 4) is 11.1 Å². The SMILES string of the molecule is Fc1ccc(-c2cnc3[nH]ccc3c2Cl)cc1F. The van der Waals surface area contributed by atoms with Gasteiger partial charge in [-0.25, -0.2) is 13.8 Å². The summed E-state index contributed by atoms with van der Waals surface area (Å²) in [6, 6.07) is 5.44. The molecule has 1 aromatic carbocycles. The molecule has 0 aliphatic rings. The maximum Gasteiger partial charge on any atom is 0.159 e. The van der Waals surface area contributed by atoms with Crippen LogP contribution in [0.1, 0.15) is 0 Å². The number of fused-ring (bicyclic) bond motifs is 1. The molecule has 0 spiro atoms. The van der Waals surface area contributed by atoms with E-state index in [0.717, 1.165) is 17.5 Å². The Morgan fingerprint density at radius 3 is 2.72 bits per heavy atom. The van der Waals surface area contributed by atoms with Gasteiger partial charge in [0.25, 0.3) is 0 Å². The van der Waals surface area contributed by atoms with Crippen LogP contribution in [0.15, 0.2) is 36.7 Å². The fraction of sp³-hybridized carbons (Fsp3) is 0. The number of hydrogen-bond acceptors (Lipinski definition) is 1. The molecule has 0 saturated heterocycles. The van der Waals surface area contributed by atoms with Gasteiger partial charge in [-0.05, 0) is 23.8 Å². The molecule has 0 aliphatic carbocycles. The van der Waals surface area contributed by atoms with E-state index in [1.807, 2.05) is 0 Å². The van der Waals surface area contributed by atoms with Gasteiger partial charge in [0.15, 0.2) is 11.6 Å². The first-order valence-electron chi connectivity index (χ1n) is 5.24. The van der Waals surface area contributed by atoms with E-state index < -0.39 is 11.6 Å². The minimum atomic E-state index is -0.905. The number of pyridine rings is 1. The molecule has 0 aliphatic heterocycles. The molecule has 2 nitrogen and oxygen atoms in total. The lowest BCUT2D eigenvalue weighted by atomic mass is 10.1. The van der Waals surface area contributed by atoms with E-state index in [1.165, 1.54) is 12.3 Å². The van der Waals surface area contributed by atoms with Gasteiger partial charge in [0.05, 0.1) is 5.02 Å². The van der Waals surface area contributed by atoms with E-state index in [4.69, 9.17) is 11.6 Å². The monoisotopic (exact) mass is 264 g/mol. The smallest absolute Gasteiger partial charge is 0.159 e. The number of halogens is 3. The van der Waals surface area contributed by atoms with Crippen LogP contribution in [0.25, 0.3) is 22.2 Å². The third-order valence-corrected chi connectivity index (χ3v) is 3.16. The number of benzene rings is 1. The van der Waals surface area contributed by atoms with Crippen molar-refractivity contribution in [2.24, 2.45) is 0 Å². The molecule has 0 atom stereocenters. The largest absolute Gasteiger partial charge is 0.346 e. The van der Waals surface area contributed by atoms with Crippen molar-refractivity contribution in [1.82, 2.24) is 9.97 Å². The van der Waals surface area contributed by atoms with Crippen molar-refractivity contribution in [2.45, 2.75) is 0 Å². The molecule has 0 fully saturated rings. The van der Waals surface area contributed by atoms with Crippen LogP contribution in [-0.4, -0.2) is 9.97 Å². The quantitative estimate of drug-likeness (QED) is 0.702. The first-order valence-corrected chi connectivity index (χ1v) is 5.61. The van der Waals surface area contributed by atoms with Crippen LogP contribution in [0.3, 0.4) is 0 Å². The Balaban J connectivity index is 2.24. The second-order valence-electron chi connectivity index (χ2n) is 3.85. The van der Waals surface area contributed by atoms with Crippen LogP contribution in [0, 0.1) is 11.6 Å². The van der Waals surface area contributed by atoms with Crippen molar-refractivity contribution in [2.75, 3.05) is 0 Å². The van der Waals surface area contributed by atoms with Gasteiger partial charge >= 0.3 is 0 Å². The molecule has 2 heterocycles. The first kappa shape index (κ1) is 11.2. The lowest BCUT2D eigenvalue weighted by Gasteiger charge is -2.05. The third-order valence-electron chi connectivity index (χ3n) is 2.75. The number of aromatic nitrogens is 2. The number of hydrogen-bond donors (Lipinski definition) is 1. The van der Waals surface area contributed by atoms with Crippen molar-refractivity contribution >= 4 is 22.6 Å². The second kappa shape index (κ2) is 4.07. The van der Waals surface area contributed by atoms with E-state index in [1.54, 1.807) is 12.3 Å². The fourth-order valence-electron chi connectivity index (χ4n) is 1.84. The first-order chi connectivity index (χ1) is 8.66. The fourth-order valence-corrected chi connectivity index (χ4v) is 2.15. The van der Waals surface area contributed by atoms with Crippen LogP contribution < -0.4 is 0 Å². The van der Waals surface area contributed by atoms with Gasteiger partial charge in [0.1, 0.15) is 5.65 Å². The summed E-state index contributed by atoms with van der Waals surface area (Å²) in [5.41, 5.74) is 1.73. The normalized spacial score (nSPS) is 11.1. The van der Waals surface area contributed by atoms with Crippen molar-refractivity contribution in [3.05, 3.63) is 53.3 Å². The zero-order valence-electron chi connectivity index (χ0n) is 9.05. The Morgan fingerprint density at radius 1 is 1.11 bits per heavy atom. The molecule has 0 unspecified atom stereocenters. The zero-order valence-corrected chi connectivity index (χ0v) is 9.80. The standard InChI is InChI=1S/C13H7ClF2N2/c14-12-8-3-4-17-13(8)18-6-9(12)7-1-2-10(15)11(16)5-7/h1-6H,(H,17,18). The summed E-state index contributed by atoms with van der Waals surface area (Å²) in [5, 5.41) is 1.21. The summed E-state index contributed by atoms with van der Waals surface area (Å²) in [4.78, 5) is 7.10. The van der Waals surface area contributed by atoms with Gasteiger partial charge in [-0.2, -0.15) is 0 Å². The zero-order chi connectivity index (χ0) is 12.7. The van der Waals surface area contributed by atoms with Gasteiger partial charge < -0.3 is 4.98 Å². The Morgan fingerprint density at radius 2 is 1.94 bits per heavy atom. The molecule has 5 heteroatoms. The molecule has 3 aromatic rings. The van der Waals surface area contributed by atoms with Crippen molar-refractivity contribution in [1.29, 1.82) is 0 Å². The highest BCUT2D eigenvalue weighted by Gasteiger charge is 2.11. The molecule has 18 heavy (non-hydrogen) atoms. The molecule has 0 radical (unpaired) electrons. The molecular weight excluding hydrogens is 258 g/mol. The Kier molecular flexibility index (Phi) is 2.52. The average molecular weight is 265 g/mol. The third kappa shape index (κ3) is 1.66. The summed E-state index contributed by atoms with van der Waals surface area (Å²) < 4.78 is 26.1. The Hall–Kier alpha value is -1.94. The lowest BCUT2D eigenvalue weighted by molar-refractivity contribution is 0.509. The number of nitrogens with zero attached hydrogens (tertiary/aromatic N) is 1. The van der Waals surface area contributed by atoms with Gasteiger partial charge in [-0.15, -0.1) is 0 Å². The number of nitrogens with one attached hydrogen (secondary N) is 1. The molecule has 0 amide bonds.